The number of benzene rings is 1. The molecule has 2 aromatic rings. The van der Waals surface area contributed by atoms with Crippen molar-refractivity contribution in [2.24, 2.45) is 0 Å². The number of hydrogen-bond acceptors (Lipinski definition) is 2. The van der Waals surface area contributed by atoms with Crippen LogP contribution in [0, 0.1) is 0 Å². The zero-order chi connectivity index (χ0) is 12.4. The fourth-order valence-corrected chi connectivity index (χ4v) is 1.79. The Bertz CT molecular complexity index is 558. The first-order valence-electron chi connectivity index (χ1n) is 5.34. The summed E-state index contributed by atoms with van der Waals surface area (Å²) in [7, 11) is 0. The molecule has 0 aliphatic heterocycles. The minimum Gasteiger partial charge on any atom is -0.508 e. The average molecular weight is 231 g/mol. The van der Waals surface area contributed by atoms with E-state index in [4.69, 9.17) is 5.11 Å². The first kappa shape index (κ1) is 11.3. The highest BCUT2D eigenvalue weighted by molar-refractivity contribution is 5.88. The molecule has 0 atom stereocenters. The van der Waals surface area contributed by atoms with Crippen molar-refractivity contribution in [2.75, 3.05) is 0 Å². The number of phenolic OH excluding ortho intramolecular Hbond substituents is 1. The summed E-state index contributed by atoms with van der Waals surface area (Å²) < 4.78 is 1.67. The van der Waals surface area contributed by atoms with E-state index in [1.807, 2.05) is 13.0 Å². The van der Waals surface area contributed by atoms with E-state index in [0.717, 1.165) is 11.1 Å². The number of rotatable bonds is 3. The van der Waals surface area contributed by atoms with Gasteiger partial charge < -0.3 is 14.8 Å². The first-order chi connectivity index (χ1) is 8.11. The van der Waals surface area contributed by atoms with E-state index < -0.39 is 5.97 Å². The van der Waals surface area contributed by atoms with Gasteiger partial charge in [-0.05, 0) is 30.7 Å². The van der Waals surface area contributed by atoms with Crippen LogP contribution in [0.4, 0.5) is 0 Å². The summed E-state index contributed by atoms with van der Waals surface area (Å²) in [5, 5.41) is 18.4. The Balaban J connectivity index is 2.50. The first-order valence-corrected chi connectivity index (χ1v) is 5.34. The van der Waals surface area contributed by atoms with Gasteiger partial charge in [-0.25, -0.2) is 4.79 Å². The highest BCUT2D eigenvalue weighted by Crippen LogP contribution is 2.25. The molecule has 4 heteroatoms. The molecule has 1 aromatic carbocycles. The van der Waals surface area contributed by atoms with Crippen LogP contribution in [0.25, 0.3) is 11.1 Å². The van der Waals surface area contributed by atoms with Gasteiger partial charge >= 0.3 is 5.97 Å². The summed E-state index contributed by atoms with van der Waals surface area (Å²) in [5.74, 6) is -0.776. The van der Waals surface area contributed by atoms with Crippen molar-refractivity contribution in [1.82, 2.24) is 4.57 Å². The number of aromatic carboxylic acids is 1. The second-order valence-corrected chi connectivity index (χ2v) is 3.76. The van der Waals surface area contributed by atoms with Crippen LogP contribution >= 0.6 is 0 Å². The van der Waals surface area contributed by atoms with Crippen molar-refractivity contribution in [2.45, 2.75) is 13.5 Å². The molecule has 0 aliphatic carbocycles. The lowest BCUT2D eigenvalue weighted by atomic mass is 10.1. The van der Waals surface area contributed by atoms with Crippen LogP contribution in [0.2, 0.25) is 0 Å². The van der Waals surface area contributed by atoms with E-state index in [9.17, 15) is 9.90 Å². The number of hydrogen-bond donors (Lipinski definition) is 2. The summed E-state index contributed by atoms with van der Waals surface area (Å²) in [6.07, 6.45) is 1.78. The van der Waals surface area contributed by atoms with Gasteiger partial charge in [-0.2, -0.15) is 0 Å². The second kappa shape index (κ2) is 4.33. The van der Waals surface area contributed by atoms with Gasteiger partial charge in [-0.3, -0.25) is 0 Å². The van der Waals surface area contributed by atoms with Gasteiger partial charge in [0, 0.05) is 18.3 Å². The van der Waals surface area contributed by atoms with E-state index in [1.165, 1.54) is 0 Å². The Morgan fingerprint density at radius 2 is 2.06 bits per heavy atom. The van der Waals surface area contributed by atoms with Gasteiger partial charge in [-0.1, -0.05) is 12.1 Å². The van der Waals surface area contributed by atoms with Crippen molar-refractivity contribution in [1.29, 1.82) is 0 Å². The predicted molar refractivity (Wildman–Crippen MR) is 64.2 cm³/mol. The molecule has 2 N–H and O–H groups in total. The molecule has 1 heterocycles. The maximum atomic E-state index is 11.0. The lowest BCUT2D eigenvalue weighted by Crippen LogP contribution is -2.05. The Morgan fingerprint density at radius 1 is 1.29 bits per heavy atom. The number of nitrogens with zero attached hydrogens (tertiary/aromatic N) is 1. The zero-order valence-corrected chi connectivity index (χ0v) is 9.42. The van der Waals surface area contributed by atoms with Gasteiger partial charge in [0.05, 0.1) is 0 Å². The van der Waals surface area contributed by atoms with Crippen LogP contribution in [0.3, 0.4) is 0 Å². The molecule has 0 radical (unpaired) electrons. The monoisotopic (exact) mass is 231 g/mol. The predicted octanol–water partition coefficient (Wildman–Crippen LogP) is 2.58. The number of aromatic hydroxyl groups is 1. The van der Waals surface area contributed by atoms with Gasteiger partial charge in [0.25, 0.3) is 0 Å². The third-order valence-corrected chi connectivity index (χ3v) is 2.64. The summed E-state index contributed by atoms with van der Waals surface area (Å²) in [4.78, 5) is 11.0. The van der Waals surface area contributed by atoms with Gasteiger partial charge in [0.2, 0.25) is 0 Å². The van der Waals surface area contributed by atoms with Gasteiger partial charge in [-0.15, -0.1) is 0 Å². The Labute approximate surface area is 98.8 Å². The van der Waals surface area contributed by atoms with E-state index in [1.54, 1.807) is 35.0 Å². The van der Waals surface area contributed by atoms with E-state index in [2.05, 4.69) is 0 Å². The lowest BCUT2D eigenvalue weighted by Gasteiger charge is -2.00. The standard InChI is InChI=1S/C13H13NO3/c1-2-14-8-10(7-12(14)13(16)17)9-4-3-5-11(15)6-9/h3-8,15H,2H2,1H3,(H,16,17). The molecule has 0 saturated heterocycles. The third kappa shape index (κ3) is 2.15. The van der Waals surface area contributed by atoms with Crippen LogP contribution in [-0.2, 0) is 6.54 Å². The molecule has 2 rings (SSSR count). The van der Waals surface area contributed by atoms with Crippen LogP contribution in [-0.4, -0.2) is 20.7 Å². The summed E-state index contributed by atoms with van der Waals surface area (Å²) in [5.41, 5.74) is 1.85. The van der Waals surface area contributed by atoms with Crippen LogP contribution < -0.4 is 0 Å². The zero-order valence-electron chi connectivity index (χ0n) is 9.42. The number of carboxylic acid groups (broad SMARTS) is 1. The van der Waals surface area contributed by atoms with Crippen LogP contribution in [0.1, 0.15) is 17.4 Å². The molecule has 0 amide bonds. The normalized spacial score (nSPS) is 10.4. The number of aryl methyl sites for hydroxylation is 1. The van der Waals surface area contributed by atoms with Crippen molar-refractivity contribution < 1.29 is 15.0 Å². The largest absolute Gasteiger partial charge is 0.508 e. The number of aromatic nitrogens is 1. The Morgan fingerprint density at radius 3 is 2.59 bits per heavy atom. The molecule has 1 aromatic heterocycles. The number of carbonyl (C=O) groups is 1. The fraction of sp³-hybridized carbons (Fsp3) is 0.154. The minimum absolute atomic E-state index is 0.170. The molecule has 88 valence electrons. The fourth-order valence-electron chi connectivity index (χ4n) is 1.79. The van der Waals surface area contributed by atoms with Crippen LogP contribution in [0.15, 0.2) is 36.5 Å². The highest BCUT2D eigenvalue weighted by Gasteiger charge is 2.12. The molecule has 17 heavy (non-hydrogen) atoms. The van der Waals surface area contributed by atoms with E-state index >= 15 is 0 Å². The van der Waals surface area contributed by atoms with Gasteiger partial charge in [0.1, 0.15) is 11.4 Å². The topological polar surface area (TPSA) is 62.5 Å². The highest BCUT2D eigenvalue weighted by atomic mass is 16.4. The minimum atomic E-state index is -0.946. The summed E-state index contributed by atoms with van der Waals surface area (Å²) in [6.45, 7) is 2.49. The van der Waals surface area contributed by atoms with Crippen molar-refractivity contribution in [3.8, 4) is 16.9 Å². The molecular formula is C13H13NO3. The number of carboxylic acids is 1. The lowest BCUT2D eigenvalue weighted by molar-refractivity contribution is 0.0685. The Hall–Kier alpha value is -2.23. The molecular weight excluding hydrogens is 218 g/mol. The van der Waals surface area contributed by atoms with Crippen molar-refractivity contribution in [3.63, 3.8) is 0 Å². The summed E-state index contributed by atoms with van der Waals surface area (Å²) in [6, 6.07) is 8.37. The second-order valence-electron chi connectivity index (χ2n) is 3.76. The van der Waals surface area contributed by atoms with Crippen molar-refractivity contribution >= 4 is 5.97 Å². The quantitative estimate of drug-likeness (QED) is 0.853. The van der Waals surface area contributed by atoms with E-state index in [0.29, 0.717) is 6.54 Å². The van der Waals surface area contributed by atoms with Crippen molar-refractivity contribution in [3.05, 3.63) is 42.2 Å². The molecule has 0 saturated carbocycles. The smallest absolute Gasteiger partial charge is 0.352 e. The van der Waals surface area contributed by atoms with Gasteiger partial charge in [0.15, 0.2) is 0 Å². The molecule has 0 bridgehead atoms. The summed E-state index contributed by atoms with van der Waals surface area (Å²) >= 11 is 0. The molecule has 0 fully saturated rings. The van der Waals surface area contributed by atoms with E-state index in [-0.39, 0.29) is 11.4 Å². The van der Waals surface area contributed by atoms with Crippen LogP contribution in [0.5, 0.6) is 5.75 Å². The maximum Gasteiger partial charge on any atom is 0.352 e. The SMILES string of the molecule is CCn1cc(-c2cccc(O)c2)cc1C(=O)O. The average Bonchev–Trinajstić information content (AvgIpc) is 2.73. The maximum absolute atomic E-state index is 11.0. The molecule has 0 spiro atoms. The molecule has 0 unspecified atom stereocenters. The molecule has 0 aliphatic rings. The Kier molecular flexibility index (Phi) is 2.87. The molecule has 4 nitrogen and oxygen atoms in total. The number of phenols is 1. The third-order valence-electron chi connectivity index (χ3n) is 2.64.